The Bertz CT molecular complexity index is 1580. The van der Waals surface area contributed by atoms with Crippen molar-refractivity contribution < 1.29 is 17.9 Å². The molecule has 0 saturated heterocycles. The van der Waals surface area contributed by atoms with Crippen LogP contribution in [0.4, 0.5) is 5.69 Å². The molecule has 1 amide bonds. The number of hydrogen-bond acceptors (Lipinski definition) is 5. The molecule has 200 valence electrons. The van der Waals surface area contributed by atoms with Crippen molar-refractivity contribution in [3.8, 4) is 5.75 Å². The number of hydrogen-bond donors (Lipinski definition) is 1. The zero-order chi connectivity index (χ0) is 27.8. The molecule has 0 aliphatic carbocycles. The third-order valence-electron chi connectivity index (χ3n) is 5.37. The number of sulfonamides is 1. The van der Waals surface area contributed by atoms with Crippen molar-refractivity contribution in [1.82, 2.24) is 5.43 Å². The molecule has 0 unspecified atom stereocenters. The van der Waals surface area contributed by atoms with Gasteiger partial charge in [-0.15, -0.1) is 0 Å². The van der Waals surface area contributed by atoms with E-state index in [0.717, 1.165) is 9.87 Å². The number of nitrogens with one attached hydrogen (secondary N) is 1. The van der Waals surface area contributed by atoms with Gasteiger partial charge in [-0.05, 0) is 77.9 Å². The third-order valence-corrected chi connectivity index (χ3v) is 7.92. The minimum atomic E-state index is -4.12. The van der Waals surface area contributed by atoms with E-state index in [-0.39, 0.29) is 15.6 Å². The largest absolute Gasteiger partial charge is 0.489 e. The van der Waals surface area contributed by atoms with Crippen molar-refractivity contribution in [2.75, 3.05) is 10.8 Å². The summed E-state index contributed by atoms with van der Waals surface area (Å²) in [5.74, 6) is -0.0176. The maximum absolute atomic E-state index is 13.4. The normalized spacial score (nSPS) is 11.4. The van der Waals surface area contributed by atoms with E-state index in [0.29, 0.717) is 28.0 Å². The Morgan fingerprint density at radius 3 is 2.28 bits per heavy atom. The summed E-state index contributed by atoms with van der Waals surface area (Å²) in [5, 5.41) is 5.01. The van der Waals surface area contributed by atoms with Gasteiger partial charge in [0.1, 0.15) is 18.9 Å². The van der Waals surface area contributed by atoms with Gasteiger partial charge >= 0.3 is 0 Å². The number of carbonyl (C=O) groups excluding carboxylic acids is 1. The Kier molecular flexibility index (Phi) is 9.48. The molecule has 0 aromatic heterocycles. The minimum Gasteiger partial charge on any atom is -0.489 e. The molecule has 11 heteroatoms. The highest BCUT2D eigenvalue weighted by Crippen LogP contribution is 2.32. The molecule has 0 spiro atoms. The molecule has 0 aliphatic rings. The van der Waals surface area contributed by atoms with Crippen LogP contribution in [-0.4, -0.2) is 27.1 Å². The van der Waals surface area contributed by atoms with Gasteiger partial charge in [-0.2, -0.15) is 5.10 Å². The van der Waals surface area contributed by atoms with Crippen LogP contribution < -0.4 is 14.5 Å². The number of carbonyl (C=O) groups is 1. The molecule has 0 fully saturated rings. The number of rotatable bonds is 10. The number of halogens is 3. The monoisotopic (exact) mass is 601 g/mol. The number of hydrazone groups is 1. The molecule has 0 bridgehead atoms. The highest BCUT2D eigenvalue weighted by Gasteiger charge is 2.28. The van der Waals surface area contributed by atoms with Gasteiger partial charge in [0.05, 0.1) is 21.8 Å². The van der Waals surface area contributed by atoms with E-state index in [1.165, 1.54) is 36.5 Å². The Morgan fingerprint density at radius 1 is 0.872 bits per heavy atom. The summed E-state index contributed by atoms with van der Waals surface area (Å²) >= 11 is 18.3. The summed E-state index contributed by atoms with van der Waals surface area (Å²) in [6.07, 6.45) is 1.43. The van der Waals surface area contributed by atoms with Gasteiger partial charge in [0.25, 0.3) is 15.9 Å². The number of ether oxygens (including phenoxy) is 1. The first kappa shape index (κ1) is 28.4. The van der Waals surface area contributed by atoms with Crippen LogP contribution in [0.15, 0.2) is 107 Å². The fraction of sp³-hybridized carbons (Fsp3) is 0.0714. The van der Waals surface area contributed by atoms with Crippen molar-refractivity contribution in [3.63, 3.8) is 0 Å². The van der Waals surface area contributed by atoms with Crippen LogP contribution in [0.2, 0.25) is 15.1 Å². The highest BCUT2D eigenvalue weighted by molar-refractivity contribution is 7.92. The Morgan fingerprint density at radius 2 is 1.59 bits per heavy atom. The summed E-state index contributed by atoms with van der Waals surface area (Å²) in [4.78, 5) is 12.7. The third kappa shape index (κ3) is 7.74. The van der Waals surface area contributed by atoms with Gasteiger partial charge in [0.2, 0.25) is 0 Å². The molecular weight excluding hydrogens is 581 g/mol. The van der Waals surface area contributed by atoms with Crippen LogP contribution in [0, 0.1) is 0 Å². The highest BCUT2D eigenvalue weighted by atomic mass is 35.5. The molecule has 4 aromatic carbocycles. The molecule has 0 saturated carbocycles. The average molecular weight is 603 g/mol. The number of nitrogens with zero attached hydrogens (tertiary/aromatic N) is 2. The van der Waals surface area contributed by atoms with Crippen molar-refractivity contribution in [2.24, 2.45) is 5.10 Å². The van der Waals surface area contributed by atoms with Crippen molar-refractivity contribution >= 4 is 62.6 Å². The number of benzene rings is 4. The maximum atomic E-state index is 13.4. The molecule has 4 aromatic rings. The Hall–Kier alpha value is -3.56. The van der Waals surface area contributed by atoms with E-state index in [4.69, 9.17) is 39.5 Å². The average Bonchev–Trinajstić information content (AvgIpc) is 2.92. The fourth-order valence-corrected chi connectivity index (χ4v) is 5.73. The quantitative estimate of drug-likeness (QED) is 0.164. The van der Waals surface area contributed by atoms with Crippen LogP contribution >= 0.6 is 34.8 Å². The van der Waals surface area contributed by atoms with E-state index < -0.39 is 22.5 Å². The smallest absolute Gasteiger partial charge is 0.264 e. The van der Waals surface area contributed by atoms with Gasteiger partial charge < -0.3 is 4.74 Å². The second-order valence-electron chi connectivity index (χ2n) is 8.20. The molecule has 39 heavy (non-hydrogen) atoms. The van der Waals surface area contributed by atoms with E-state index >= 15 is 0 Å². The van der Waals surface area contributed by atoms with Gasteiger partial charge in [0.15, 0.2) is 0 Å². The first-order valence-electron chi connectivity index (χ1n) is 11.5. The summed E-state index contributed by atoms with van der Waals surface area (Å²) < 4.78 is 33.5. The topological polar surface area (TPSA) is 88.1 Å². The molecule has 0 atom stereocenters. The van der Waals surface area contributed by atoms with Crippen molar-refractivity contribution in [2.45, 2.75) is 11.5 Å². The van der Waals surface area contributed by atoms with Gasteiger partial charge in [-0.3, -0.25) is 9.10 Å². The predicted octanol–water partition coefficient (Wildman–Crippen LogP) is 6.57. The van der Waals surface area contributed by atoms with Gasteiger partial charge in [-0.1, -0.05) is 65.1 Å². The van der Waals surface area contributed by atoms with Crippen molar-refractivity contribution in [1.29, 1.82) is 0 Å². The van der Waals surface area contributed by atoms with E-state index in [9.17, 15) is 13.2 Å². The maximum Gasteiger partial charge on any atom is 0.264 e. The number of amides is 1. The lowest BCUT2D eigenvalue weighted by Gasteiger charge is -2.24. The summed E-state index contributed by atoms with van der Waals surface area (Å²) in [6, 6.07) is 26.6. The standard InChI is InChI=1S/C28H22Cl3N3O4S/c29-22-6-4-5-21(15-22)19-38-24-12-9-20(10-13-24)17-32-33-28(35)18-34(27-14-11-23(30)16-26(27)31)39(36,37)25-7-2-1-3-8-25/h1-17H,18-19H2,(H,33,35)/b32-17-. The van der Waals surface area contributed by atoms with Crippen LogP contribution in [0.3, 0.4) is 0 Å². The van der Waals surface area contributed by atoms with Crippen molar-refractivity contribution in [3.05, 3.63) is 123 Å². The number of anilines is 1. The minimum absolute atomic E-state index is 0.00462. The summed E-state index contributed by atoms with van der Waals surface area (Å²) in [7, 11) is -4.12. The van der Waals surface area contributed by atoms with E-state index in [2.05, 4.69) is 10.5 Å². The SMILES string of the molecule is O=C(CN(c1ccc(Cl)cc1Cl)S(=O)(=O)c1ccccc1)N/N=C\c1ccc(OCc2cccc(Cl)c2)cc1. The summed E-state index contributed by atoms with van der Waals surface area (Å²) in [6.45, 7) is -0.198. The second-order valence-corrected chi connectivity index (χ2v) is 11.3. The van der Waals surface area contributed by atoms with E-state index in [1.54, 1.807) is 48.5 Å². The first-order valence-corrected chi connectivity index (χ1v) is 14.1. The first-order chi connectivity index (χ1) is 18.7. The zero-order valence-corrected chi connectivity index (χ0v) is 23.4. The van der Waals surface area contributed by atoms with Crippen LogP contribution in [-0.2, 0) is 21.4 Å². The fourth-order valence-electron chi connectivity index (χ4n) is 3.49. The van der Waals surface area contributed by atoms with Gasteiger partial charge in [0, 0.05) is 10.0 Å². The molecule has 1 N–H and O–H groups in total. The summed E-state index contributed by atoms with van der Waals surface area (Å²) in [5.41, 5.74) is 4.11. The molecule has 7 nitrogen and oxygen atoms in total. The lowest BCUT2D eigenvalue weighted by Crippen LogP contribution is -2.39. The molecule has 4 rings (SSSR count). The second kappa shape index (κ2) is 13.0. The Labute approximate surface area is 241 Å². The van der Waals surface area contributed by atoms with E-state index in [1.807, 2.05) is 18.2 Å². The zero-order valence-electron chi connectivity index (χ0n) is 20.3. The van der Waals surface area contributed by atoms with Crippen LogP contribution in [0.5, 0.6) is 5.75 Å². The van der Waals surface area contributed by atoms with Crippen LogP contribution in [0.1, 0.15) is 11.1 Å². The van der Waals surface area contributed by atoms with Crippen LogP contribution in [0.25, 0.3) is 0 Å². The molecular formula is C28H22Cl3N3O4S. The molecule has 0 heterocycles. The molecule has 0 radical (unpaired) electrons. The van der Waals surface area contributed by atoms with Gasteiger partial charge in [-0.25, -0.2) is 13.8 Å². The Balaban J connectivity index is 1.42. The molecule has 0 aliphatic heterocycles. The lowest BCUT2D eigenvalue weighted by atomic mass is 10.2. The predicted molar refractivity (Wildman–Crippen MR) is 155 cm³/mol. The lowest BCUT2D eigenvalue weighted by molar-refractivity contribution is -0.119.